The van der Waals surface area contributed by atoms with Gasteiger partial charge in [0.25, 0.3) is 10.0 Å². The summed E-state index contributed by atoms with van der Waals surface area (Å²) in [7, 11) is -3.78. The number of allylic oxidation sites excluding steroid dienone is 2. The van der Waals surface area contributed by atoms with E-state index >= 15 is 0 Å². The Bertz CT molecular complexity index is 659. The molecule has 20 heavy (non-hydrogen) atoms. The van der Waals surface area contributed by atoms with Crippen molar-refractivity contribution in [1.82, 2.24) is 9.71 Å². The van der Waals surface area contributed by atoms with Crippen molar-refractivity contribution in [2.75, 3.05) is 0 Å². The Labute approximate surface area is 123 Å². The van der Waals surface area contributed by atoms with Gasteiger partial charge in [0, 0.05) is 5.92 Å². The summed E-state index contributed by atoms with van der Waals surface area (Å²) in [6.07, 6.45) is 3.47. The Morgan fingerprint density at radius 3 is 2.60 bits per heavy atom. The van der Waals surface area contributed by atoms with Gasteiger partial charge in [-0.1, -0.05) is 11.1 Å². The fourth-order valence-electron chi connectivity index (χ4n) is 2.21. The lowest BCUT2D eigenvalue weighted by molar-refractivity contribution is -0.123. The maximum atomic E-state index is 12.1. The molecule has 110 valence electrons. The highest BCUT2D eigenvalue weighted by Gasteiger charge is 2.28. The van der Waals surface area contributed by atoms with Crippen LogP contribution in [-0.2, 0) is 14.8 Å². The molecule has 1 atom stereocenters. The van der Waals surface area contributed by atoms with Crippen LogP contribution < -0.4 is 4.72 Å². The fourth-order valence-corrected chi connectivity index (χ4v) is 4.36. The quantitative estimate of drug-likeness (QED) is 0.869. The highest BCUT2D eigenvalue weighted by molar-refractivity contribution is 7.92. The summed E-state index contributed by atoms with van der Waals surface area (Å²) < 4.78 is 26.4. The monoisotopic (exact) mass is 314 g/mol. The molecule has 1 heterocycles. The number of carbonyl (C=O) groups excluding carboxylic acids is 1. The lowest BCUT2D eigenvalue weighted by atomic mass is 9.85. The van der Waals surface area contributed by atoms with Crippen LogP contribution in [0.3, 0.4) is 0 Å². The van der Waals surface area contributed by atoms with Crippen LogP contribution >= 0.6 is 11.3 Å². The summed E-state index contributed by atoms with van der Waals surface area (Å²) in [5.74, 6) is -0.676. The maximum Gasteiger partial charge on any atom is 0.275 e. The van der Waals surface area contributed by atoms with Gasteiger partial charge in [-0.15, -0.1) is 11.3 Å². The average Bonchev–Trinajstić information content (AvgIpc) is 2.79. The van der Waals surface area contributed by atoms with Crippen molar-refractivity contribution in [3.8, 4) is 0 Å². The van der Waals surface area contributed by atoms with Gasteiger partial charge in [-0.05, 0) is 40.0 Å². The number of aryl methyl sites for hydroxylation is 1. The van der Waals surface area contributed by atoms with Crippen molar-refractivity contribution in [2.24, 2.45) is 5.92 Å². The molecule has 0 saturated heterocycles. The van der Waals surface area contributed by atoms with Crippen LogP contribution in [0.5, 0.6) is 0 Å². The lowest BCUT2D eigenvalue weighted by Crippen LogP contribution is -2.36. The van der Waals surface area contributed by atoms with E-state index in [2.05, 4.69) is 16.6 Å². The van der Waals surface area contributed by atoms with Crippen molar-refractivity contribution in [1.29, 1.82) is 0 Å². The van der Waals surface area contributed by atoms with Crippen LogP contribution in [0.4, 0.5) is 0 Å². The normalized spacial score (nSPS) is 20.1. The van der Waals surface area contributed by atoms with Crippen molar-refractivity contribution in [3.63, 3.8) is 0 Å². The van der Waals surface area contributed by atoms with E-state index in [4.69, 9.17) is 0 Å². The van der Waals surface area contributed by atoms with E-state index in [-0.39, 0.29) is 10.1 Å². The van der Waals surface area contributed by atoms with Gasteiger partial charge in [-0.2, -0.15) is 0 Å². The van der Waals surface area contributed by atoms with E-state index in [9.17, 15) is 13.2 Å². The molecule has 0 spiro atoms. The number of hydrogen-bond acceptors (Lipinski definition) is 5. The molecule has 1 aromatic rings. The predicted molar refractivity (Wildman–Crippen MR) is 77.9 cm³/mol. The first-order chi connectivity index (χ1) is 9.29. The first kappa shape index (κ1) is 15.2. The molecule has 2 rings (SSSR count). The smallest absolute Gasteiger partial charge is 0.274 e. The fraction of sp³-hybridized carbons (Fsp3) is 0.538. The van der Waals surface area contributed by atoms with Crippen LogP contribution in [0, 0.1) is 12.8 Å². The third kappa shape index (κ3) is 3.27. The molecular weight excluding hydrogens is 296 g/mol. The van der Waals surface area contributed by atoms with E-state index in [1.54, 1.807) is 6.92 Å². The van der Waals surface area contributed by atoms with Gasteiger partial charge in [0.2, 0.25) is 5.91 Å². The van der Waals surface area contributed by atoms with Gasteiger partial charge in [-0.25, -0.2) is 18.1 Å². The van der Waals surface area contributed by atoms with Gasteiger partial charge >= 0.3 is 0 Å². The van der Waals surface area contributed by atoms with Crippen LogP contribution in [0.1, 0.15) is 38.1 Å². The number of amides is 1. The van der Waals surface area contributed by atoms with Crippen molar-refractivity contribution >= 4 is 27.3 Å². The van der Waals surface area contributed by atoms with Crippen molar-refractivity contribution in [3.05, 3.63) is 22.4 Å². The van der Waals surface area contributed by atoms with Crippen molar-refractivity contribution < 1.29 is 13.2 Å². The highest BCUT2D eigenvalue weighted by atomic mass is 32.2. The zero-order valence-electron chi connectivity index (χ0n) is 11.8. The Kier molecular flexibility index (Phi) is 4.29. The molecule has 0 fully saturated rings. The summed E-state index contributed by atoms with van der Waals surface area (Å²) >= 11 is 1.06. The van der Waals surface area contributed by atoms with E-state index in [0.717, 1.165) is 17.8 Å². The SMILES string of the molecule is CC1=C(C)CC(C(=O)NS(=O)(=O)c2cnc(C)s2)CC1. The Morgan fingerprint density at radius 2 is 2.05 bits per heavy atom. The lowest BCUT2D eigenvalue weighted by Gasteiger charge is -2.23. The molecule has 1 aromatic heterocycles. The van der Waals surface area contributed by atoms with Gasteiger partial charge in [0.05, 0.1) is 11.2 Å². The second kappa shape index (κ2) is 5.65. The van der Waals surface area contributed by atoms with E-state index < -0.39 is 15.9 Å². The van der Waals surface area contributed by atoms with Crippen LogP contribution in [0.25, 0.3) is 0 Å². The molecular formula is C13H18N2O3S2. The van der Waals surface area contributed by atoms with Gasteiger partial charge < -0.3 is 0 Å². The Morgan fingerprint density at radius 1 is 1.35 bits per heavy atom. The maximum absolute atomic E-state index is 12.1. The second-order valence-corrected chi connectivity index (χ2v) is 8.31. The minimum Gasteiger partial charge on any atom is -0.274 e. The molecule has 7 heteroatoms. The number of sulfonamides is 1. The minimum atomic E-state index is -3.78. The van der Waals surface area contributed by atoms with Crippen molar-refractivity contribution in [2.45, 2.75) is 44.2 Å². The Hall–Kier alpha value is -1.21. The number of thiazole rings is 1. The topological polar surface area (TPSA) is 76.1 Å². The highest BCUT2D eigenvalue weighted by Crippen LogP contribution is 2.29. The molecule has 1 amide bonds. The summed E-state index contributed by atoms with van der Waals surface area (Å²) in [5.41, 5.74) is 2.48. The van der Waals surface area contributed by atoms with Gasteiger partial charge in [-0.3, -0.25) is 4.79 Å². The van der Waals surface area contributed by atoms with E-state index in [1.807, 2.05) is 6.92 Å². The number of carbonyl (C=O) groups is 1. The largest absolute Gasteiger partial charge is 0.275 e. The zero-order chi connectivity index (χ0) is 14.9. The summed E-state index contributed by atoms with van der Waals surface area (Å²) in [6.45, 7) is 5.78. The second-order valence-electron chi connectivity index (χ2n) is 5.17. The zero-order valence-corrected chi connectivity index (χ0v) is 13.4. The standard InChI is InChI=1S/C13H18N2O3S2/c1-8-4-5-11(6-9(8)2)13(16)15-20(17,18)12-7-14-10(3)19-12/h7,11H,4-6H2,1-3H3,(H,15,16). The molecule has 0 aliphatic heterocycles. The number of rotatable bonds is 3. The predicted octanol–water partition coefficient (Wildman–Crippen LogP) is 2.39. The van der Waals surface area contributed by atoms with Crippen LogP contribution in [-0.4, -0.2) is 19.3 Å². The minimum absolute atomic E-state index is 0.0857. The molecule has 0 radical (unpaired) electrons. The molecule has 1 N–H and O–H groups in total. The number of hydrogen-bond donors (Lipinski definition) is 1. The molecule has 1 aliphatic carbocycles. The molecule has 1 unspecified atom stereocenters. The summed E-state index contributed by atoms with van der Waals surface area (Å²) in [5, 5.41) is 0.657. The summed E-state index contributed by atoms with van der Waals surface area (Å²) in [4.78, 5) is 16.0. The first-order valence-corrected chi connectivity index (χ1v) is 8.74. The first-order valence-electron chi connectivity index (χ1n) is 6.44. The third-order valence-corrected chi connectivity index (χ3v) is 6.34. The van der Waals surface area contributed by atoms with Gasteiger partial charge in [0.15, 0.2) is 4.21 Å². The third-order valence-electron chi connectivity index (χ3n) is 3.62. The van der Waals surface area contributed by atoms with Crippen LogP contribution in [0.15, 0.2) is 21.6 Å². The molecule has 0 aromatic carbocycles. The molecule has 0 saturated carbocycles. The summed E-state index contributed by atoms with van der Waals surface area (Å²) in [6, 6.07) is 0. The molecule has 5 nitrogen and oxygen atoms in total. The average molecular weight is 314 g/mol. The van der Waals surface area contributed by atoms with Gasteiger partial charge in [0.1, 0.15) is 0 Å². The number of aromatic nitrogens is 1. The number of nitrogens with one attached hydrogen (secondary N) is 1. The van der Waals surface area contributed by atoms with E-state index in [1.165, 1.54) is 17.3 Å². The van der Waals surface area contributed by atoms with E-state index in [0.29, 0.717) is 17.8 Å². The molecule has 1 aliphatic rings. The Balaban J connectivity index is 2.09. The number of nitrogens with zero attached hydrogens (tertiary/aromatic N) is 1. The van der Waals surface area contributed by atoms with Crippen LogP contribution in [0.2, 0.25) is 0 Å². The molecule has 0 bridgehead atoms.